The number of halogens is 4. The van der Waals surface area contributed by atoms with Crippen LogP contribution in [0.25, 0.3) is 0 Å². The third-order valence-electron chi connectivity index (χ3n) is 4.00. The lowest BCUT2D eigenvalue weighted by molar-refractivity contribution is -0.137. The van der Waals surface area contributed by atoms with Crippen molar-refractivity contribution in [3.05, 3.63) is 28.8 Å². The topological polar surface area (TPSA) is 35.6 Å². The van der Waals surface area contributed by atoms with Crippen molar-refractivity contribution in [2.75, 3.05) is 38.5 Å². The first-order chi connectivity index (χ1) is 10.7. The Morgan fingerprint density at radius 1 is 1.26 bits per heavy atom. The van der Waals surface area contributed by atoms with E-state index < -0.39 is 17.8 Å². The normalized spacial score (nSPS) is 18.7. The van der Waals surface area contributed by atoms with Crippen LogP contribution in [0.15, 0.2) is 18.2 Å². The van der Waals surface area contributed by atoms with Crippen molar-refractivity contribution in [3.63, 3.8) is 0 Å². The quantitative estimate of drug-likeness (QED) is 0.911. The zero-order chi connectivity index (χ0) is 17.2. The van der Waals surface area contributed by atoms with Crippen LogP contribution >= 0.6 is 11.6 Å². The lowest BCUT2D eigenvalue weighted by Crippen LogP contribution is -2.51. The van der Waals surface area contributed by atoms with Crippen LogP contribution in [0.5, 0.6) is 0 Å². The molecule has 1 aromatic carbocycles. The van der Waals surface area contributed by atoms with E-state index in [0.29, 0.717) is 0 Å². The number of nitrogens with one attached hydrogen (secondary N) is 1. The Morgan fingerprint density at radius 3 is 2.43 bits per heavy atom. The maximum Gasteiger partial charge on any atom is 0.417 e. The standard InChI is InChI=1S/C15H19ClF3N3O/c1-10(22-7-5-21(2)6-8-22)14(23)20-11-3-4-13(16)12(9-11)15(17,18)19/h3-4,9-10H,5-8H2,1-2H3,(H,20,23)/t10-/m0/s1. The molecule has 1 aliphatic rings. The second-order valence-electron chi connectivity index (χ2n) is 5.70. The molecule has 0 aliphatic carbocycles. The Labute approximate surface area is 138 Å². The van der Waals surface area contributed by atoms with Crippen LogP contribution in [-0.2, 0) is 11.0 Å². The summed E-state index contributed by atoms with van der Waals surface area (Å²) in [6.45, 7) is 4.97. The van der Waals surface area contributed by atoms with Gasteiger partial charge in [-0.15, -0.1) is 0 Å². The number of hydrogen-bond acceptors (Lipinski definition) is 3. The van der Waals surface area contributed by atoms with Crippen molar-refractivity contribution in [2.45, 2.75) is 19.1 Å². The number of rotatable bonds is 3. The third kappa shape index (κ3) is 4.59. The molecule has 1 heterocycles. The van der Waals surface area contributed by atoms with E-state index in [1.54, 1.807) is 6.92 Å². The van der Waals surface area contributed by atoms with Crippen LogP contribution in [0.2, 0.25) is 5.02 Å². The maximum absolute atomic E-state index is 12.8. The molecule has 0 radical (unpaired) electrons. The number of nitrogens with zero attached hydrogens (tertiary/aromatic N) is 2. The number of hydrogen-bond donors (Lipinski definition) is 1. The van der Waals surface area contributed by atoms with Gasteiger partial charge in [0.25, 0.3) is 0 Å². The minimum atomic E-state index is -4.55. The molecule has 1 fully saturated rings. The van der Waals surface area contributed by atoms with Crippen LogP contribution < -0.4 is 5.32 Å². The van der Waals surface area contributed by atoms with Crippen molar-refractivity contribution in [3.8, 4) is 0 Å². The minimum Gasteiger partial charge on any atom is -0.325 e. The molecule has 128 valence electrons. The van der Waals surface area contributed by atoms with Gasteiger partial charge in [-0.05, 0) is 32.2 Å². The van der Waals surface area contributed by atoms with E-state index >= 15 is 0 Å². The molecule has 8 heteroatoms. The van der Waals surface area contributed by atoms with Crippen LogP contribution in [0.3, 0.4) is 0 Å². The number of anilines is 1. The van der Waals surface area contributed by atoms with Gasteiger partial charge in [-0.1, -0.05) is 11.6 Å². The zero-order valence-corrected chi connectivity index (χ0v) is 13.7. The Bertz CT molecular complexity index is 572. The number of carbonyl (C=O) groups excluding carboxylic acids is 1. The highest BCUT2D eigenvalue weighted by Gasteiger charge is 2.33. The molecule has 0 aromatic heterocycles. The number of alkyl halides is 3. The number of piperazine rings is 1. The highest BCUT2D eigenvalue weighted by Crippen LogP contribution is 2.36. The molecule has 4 nitrogen and oxygen atoms in total. The second kappa shape index (κ2) is 7.07. The molecule has 1 saturated heterocycles. The van der Waals surface area contributed by atoms with Crippen molar-refractivity contribution >= 4 is 23.2 Å². The fourth-order valence-corrected chi connectivity index (χ4v) is 2.67. The number of benzene rings is 1. The Hall–Kier alpha value is -1.31. The summed E-state index contributed by atoms with van der Waals surface area (Å²) in [6.07, 6.45) is -4.55. The molecule has 1 N–H and O–H groups in total. The molecule has 1 aromatic rings. The monoisotopic (exact) mass is 349 g/mol. The maximum atomic E-state index is 12.8. The molecular weight excluding hydrogens is 331 g/mol. The molecule has 1 aliphatic heterocycles. The van der Waals surface area contributed by atoms with Crippen LogP contribution in [0.1, 0.15) is 12.5 Å². The average molecular weight is 350 g/mol. The van der Waals surface area contributed by atoms with Gasteiger partial charge < -0.3 is 10.2 Å². The van der Waals surface area contributed by atoms with Gasteiger partial charge >= 0.3 is 6.18 Å². The van der Waals surface area contributed by atoms with Gasteiger partial charge in [0, 0.05) is 31.9 Å². The van der Waals surface area contributed by atoms with Crippen molar-refractivity contribution in [1.82, 2.24) is 9.80 Å². The van der Waals surface area contributed by atoms with Gasteiger partial charge in [0.2, 0.25) is 5.91 Å². The highest BCUT2D eigenvalue weighted by molar-refractivity contribution is 6.31. The Balaban J connectivity index is 2.05. The fourth-order valence-electron chi connectivity index (χ4n) is 2.44. The predicted octanol–water partition coefficient (Wildman–Crippen LogP) is 2.93. The van der Waals surface area contributed by atoms with Crippen LogP contribution in [0, 0.1) is 0 Å². The van der Waals surface area contributed by atoms with Gasteiger partial charge in [0.05, 0.1) is 16.6 Å². The predicted molar refractivity (Wildman–Crippen MR) is 83.6 cm³/mol. The average Bonchev–Trinajstić information content (AvgIpc) is 2.48. The lowest BCUT2D eigenvalue weighted by Gasteiger charge is -2.35. The molecule has 0 bridgehead atoms. The second-order valence-corrected chi connectivity index (χ2v) is 6.10. The molecule has 23 heavy (non-hydrogen) atoms. The van der Waals surface area contributed by atoms with E-state index in [4.69, 9.17) is 11.6 Å². The smallest absolute Gasteiger partial charge is 0.325 e. The van der Waals surface area contributed by atoms with Gasteiger partial charge in [-0.2, -0.15) is 13.2 Å². The molecular formula is C15H19ClF3N3O. The fraction of sp³-hybridized carbons (Fsp3) is 0.533. The van der Waals surface area contributed by atoms with E-state index in [-0.39, 0.29) is 16.6 Å². The summed E-state index contributed by atoms with van der Waals surface area (Å²) < 4.78 is 38.5. The zero-order valence-electron chi connectivity index (χ0n) is 13.0. The highest BCUT2D eigenvalue weighted by atomic mass is 35.5. The first-order valence-electron chi connectivity index (χ1n) is 7.28. The summed E-state index contributed by atoms with van der Waals surface area (Å²) in [5.41, 5.74) is -0.864. The van der Waals surface area contributed by atoms with E-state index in [0.717, 1.165) is 38.3 Å². The number of amides is 1. The summed E-state index contributed by atoms with van der Waals surface area (Å²) in [7, 11) is 2.01. The summed E-state index contributed by atoms with van der Waals surface area (Å²) >= 11 is 5.57. The van der Waals surface area contributed by atoms with Crippen LogP contribution in [-0.4, -0.2) is 55.0 Å². The molecule has 0 saturated carbocycles. The first kappa shape index (κ1) is 18.0. The van der Waals surface area contributed by atoms with Crippen molar-refractivity contribution in [2.24, 2.45) is 0 Å². The molecule has 1 atom stereocenters. The van der Waals surface area contributed by atoms with Gasteiger partial charge in [0.1, 0.15) is 0 Å². The summed E-state index contributed by atoms with van der Waals surface area (Å²) in [5, 5.41) is 2.15. The molecule has 0 spiro atoms. The van der Waals surface area contributed by atoms with Crippen molar-refractivity contribution < 1.29 is 18.0 Å². The summed E-state index contributed by atoms with van der Waals surface area (Å²) in [6, 6.07) is 2.96. The first-order valence-corrected chi connectivity index (χ1v) is 7.66. The van der Waals surface area contributed by atoms with Crippen LogP contribution in [0.4, 0.5) is 18.9 Å². The van der Waals surface area contributed by atoms with E-state index in [2.05, 4.69) is 10.2 Å². The third-order valence-corrected chi connectivity index (χ3v) is 4.33. The molecule has 2 rings (SSSR count). The Kier molecular flexibility index (Phi) is 5.54. The lowest BCUT2D eigenvalue weighted by atomic mass is 10.1. The summed E-state index contributed by atoms with van der Waals surface area (Å²) in [5.74, 6) is -0.329. The number of carbonyl (C=O) groups is 1. The van der Waals surface area contributed by atoms with E-state index in [1.807, 2.05) is 11.9 Å². The van der Waals surface area contributed by atoms with E-state index in [9.17, 15) is 18.0 Å². The van der Waals surface area contributed by atoms with E-state index in [1.165, 1.54) is 6.07 Å². The van der Waals surface area contributed by atoms with Gasteiger partial charge in [0.15, 0.2) is 0 Å². The SMILES string of the molecule is C[C@@H](C(=O)Nc1ccc(Cl)c(C(F)(F)F)c1)N1CCN(C)CC1. The van der Waals surface area contributed by atoms with Gasteiger partial charge in [-0.3, -0.25) is 9.69 Å². The largest absolute Gasteiger partial charge is 0.417 e. The van der Waals surface area contributed by atoms with Crippen molar-refractivity contribution in [1.29, 1.82) is 0 Å². The minimum absolute atomic E-state index is 0.0905. The Morgan fingerprint density at radius 2 is 1.87 bits per heavy atom. The number of likely N-dealkylation sites (N-methyl/N-ethyl adjacent to an activating group) is 1. The van der Waals surface area contributed by atoms with Gasteiger partial charge in [-0.25, -0.2) is 0 Å². The summed E-state index contributed by atoms with van der Waals surface area (Å²) in [4.78, 5) is 16.4. The molecule has 1 amide bonds. The molecule has 0 unspecified atom stereocenters.